The molecule has 10 heteroatoms. The summed E-state index contributed by atoms with van der Waals surface area (Å²) in [4.78, 5) is 12.3. The highest BCUT2D eigenvalue weighted by Crippen LogP contribution is 2.39. The van der Waals surface area contributed by atoms with E-state index in [0.29, 0.717) is 30.4 Å². The molecule has 3 aromatic carbocycles. The van der Waals surface area contributed by atoms with Gasteiger partial charge in [-0.1, -0.05) is 24.3 Å². The van der Waals surface area contributed by atoms with Crippen LogP contribution in [-0.4, -0.2) is 38.2 Å². The van der Waals surface area contributed by atoms with Gasteiger partial charge in [0, 0.05) is 36.8 Å². The maximum absolute atomic E-state index is 13.2. The SMILES string of the molecule is COc1cc([C@@H](O)[C@@H](CC2Cc3ccccc3C2)Cn2ccc(CCC(=O)NS(=O)(=O)c3ccc(F)cc3)c2)cc(OC)c1C. The molecule has 45 heavy (non-hydrogen) atoms. The number of rotatable bonds is 13. The van der Waals surface area contributed by atoms with Gasteiger partial charge >= 0.3 is 0 Å². The molecule has 238 valence electrons. The number of halogens is 1. The molecule has 2 atom stereocenters. The highest BCUT2D eigenvalue weighted by molar-refractivity contribution is 7.90. The molecule has 1 aliphatic carbocycles. The molecule has 0 radical (unpaired) electrons. The predicted octanol–water partition coefficient (Wildman–Crippen LogP) is 5.55. The van der Waals surface area contributed by atoms with Crippen LogP contribution in [0.5, 0.6) is 11.5 Å². The lowest BCUT2D eigenvalue weighted by Crippen LogP contribution is -2.30. The van der Waals surface area contributed by atoms with Crippen LogP contribution in [0, 0.1) is 24.6 Å². The van der Waals surface area contributed by atoms with E-state index in [4.69, 9.17) is 9.47 Å². The molecule has 2 N–H and O–H groups in total. The minimum atomic E-state index is -4.09. The van der Waals surface area contributed by atoms with Crippen LogP contribution in [0.4, 0.5) is 4.39 Å². The van der Waals surface area contributed by atoms with Gasteiger partial charge in [0.1, 0.15) is 17.3 Å². The van der Waals surface area contributed by atoms with E-state index in [0.717, 1.165) is 60.2 Å². The summed E-state index contributed by atoms with van der Waals surface area (Å²) in [6.07, 6.45) is 6.08. The van der Waals surface area contributed by atoms with E-state index < -0.39 is 27.9 Å². The lowest BCUT2D eigenvalue weighted by Gasteiger charge is -2.27. The molecule has 0 fully saturated rings. The van der Waals surface area contributed by atoms with Crippen molar-refractivity contribution in [3.8, 4) is 11.5 Å². The fourth-order valence-electron chi connectivity index (χ4n) is 6.25. The van der Waals surface area contributed by atoms with E-state index in [9.17, 15) is 22.7 Å². The van der Waals surface area contributed by atoms with E-state index in [1.54, 1.807) is 14.2 Å². The van der Waals surface area contributed by atoms with Gasteiger partial charge < -0.3 is 19.1 Å². The largest absolute Gasteiger partial charge is 0.496 e. The summed E-state index contributed by atoms with van der Waals surface area (Å²) in [5.41, 5.74) is 5.17. The zero-order valence-corrected chi connectivity index (χ0v) is 26.5. The predicted molar refractivity (Wildman–Crippen MR) is 169 cm³/mol. The van der Waals surface area contributed by atoms with E-state index in [2.05, 4.69) is 29.0 Å². The molecule has 1 aromatic heterocycles. The van der Waals surface area contributed by atoms with E-state index in [1.165, 1.54) is 11.1 Å². The van der Waals surface area contributed by atoms with Gasteiger partial charge in [0.25, 0.3) is 10.0 Å². The first-order valence-corrected chi connectivity index (χ1v) is 16.5. The van der Waals surface area contributed by atoms with Gasteiger partial charge in [0.15, 0.2) is 0 Å². The molecule has 8 nitrogen and oxygen atoms in total. The van der Waals surface area contributed by atoms with E-state index in [1.807, 2.05) is 42.1 Å². The standard InChI is InChI=1S/C35H39FN2O6S/c1-23-32(43-2)19-28(20-33(23)44-3)35(40)29(18-25-16-26-6-4-5-7-27(26)17-25)22-38-15-14-24(21-38)8-13-34(39)37-45(41,42)31-11-9-30(36)10-12-31/h4-7,9-12,14-15,19-21,25,29,35,40H,8,13,16-18,22H2,1-3H3,(H,37,39)/t29-,35+/m0/s1. The Morgan fingerprint density at radius 2 is 1.64 bits per heavy atom. The smallest absolute Gasteiger partial charge is 0.264 e. The maximum Gasteiger partial charge on any atom is 0.264 e. The lowest BCUT2D eigenvalue weighted by molar-refractivity contribution is -0.119. The van der Waals surface area contributed by atoms with Crippen molar-refractivity contribution in [3.63, 3.8) is 0 Å². The van der Waals surface area contributed by atoms with Crippen molar-refractivity contribution < 1.29 is 32.2 Å². The Morgan fingerprint density at radius 3 is 2.24 bits per heavy atom. The zero-order chi connectivity index (χ0) is 32.1. The molecule has 4 aromatic rings. The number of carbonyl (C=O) groups excluding carboxylic acids is 1. The van der Waals surface area contributed by atoms with Crippen molar-refractivity contribution in [1.29, 1.82) is 0 Å². The van der Waals surface area contributed by atoms with Crippen LogP contribution in [0.25, 0.3) is 0 Å². The molecule has 1 amide bonds. The lowest BCUT2D eigenvalue weighted by atomic mass is 9.85. The van der Waals surface area contributed by atoms with E-state index >= 15 is 0 Å². The summed E-state index contributed by atoms with van der Waals surface area (Å²) in [5, 5.41) is 11.8. The molecule has 0 spiro atoms. The van der Waals surface area contributed by atoms with Crippen LogP contribution in [0.3, 0.4) is 0 Å². The van der Waals surface area contributed by atoms with Crippen molar-refractivity contribution in [2.45, 2.75) is 56.6 Å². The molecule has 0 aliphatic heterocycles. The molecule has 0 bridgehead atoms. The van der Waals surface area contributed by atoms with Crippen LogP contribution in [0.15, 0.2) is 84.0 Å². The summed E-state index contributed by atoms with van der Waals surface area (Å²) >= 11 is 0. The number of fused-ring (bicyclic) bond motifs is 1. The number of benzene rings is 3. The number of hydrogen-bond donors (Lipinski definition) is 2. The van der Waals surface area contributed by atoms with Gasteiger partial charge in [-0.2, -0.15) is 0 Å². The molecule has 0 saturated heterocycles. The summed E-state index contributed by atoms with van der Waals surface area (Å²) in [6.45, 7) is 2.46. The first-order valence-electron chi connectivity index (χ1n) is 15.0. The number of ether oxygens (including phenoxy) is 2. The Balaban J connectivity index is 1.28. The third kappa shape index (κ3) is 7.75. The molecular weight excluding hydrogens is 595 g/mol. The summed E-state index contributed by atoms with van der Waals surface area (Å²) in [5.74, 6) is 0.343. The second-order valence-corrected chi connectivity index (χ2v) is 13.4. The summed E-state index contributed by atoms with van der Waals surface area (Å²) in [7, 11) is -0.884. The van der Waals surface area contributed by atoms with Crippen LogP contribution >= 0.6 is 0 Å². The number of nitrogens with zero attached hydrogens (tertiary/aromatic N) is 1. The minimum Gasteiger partial charge on any atom is -0.496 e. The highest BCUT2D eigenvalue weighted by atomic mass is 32.2. The topological polar surface area (TPSA) is 107 Å². The molecule has 0 saturated carbocycles. The van der Waals surface area contributed by atoms with Crippen molar-refractivity contribution in [3.05, 3.63) is 113 Å². The zero-order valence-electron chi connectivity index (χ0n) is 25.7. The molecule has 5 rings (SSSR count). The van der Waals surface area contributed by atoms with E-state index in [-0.39, 0.29) is 17.2 Å². The second-order valence-electron chi connectivity index (χ2n) is 11.7. The molecule has 1 aliphatic rings. The fraction of sp³-hybridized carbons (Fsp3) is 0.343. The van der Waals surface area contributed by atoms with Gasteiger partial charge in [-0.15, -0.1) is 0 Å². The Hall–Kier alpha value is -4.15. The quantitative estimate of drug-likeness (QED) is 0.200. The van der Waals surface area contributed by atoms with Gasteiger partial charge in [-0.25, -0.2) is 17.5 Å². The number of aliphatic hydroxyl groups is 1. The number of nitrogens with one attached hydrogen (secondary N) is 1. The van der Waals surface area contributed by atoms with Crippen LogP contribution in [0.2, 0.25) is 0 Å². The Kier molecular flexibility index (Phi) is 9.94. The van der Waals surface area contributed by atoms with Crippen LogP contribution in [-0.2, 0) is 40.6 Å². The van der Waals surface area contributed by atoms with Crippen molar-refractivity contribution >= 4 is 15.9 Å². The monoisotopic (exact) mass is 634 g/mol. The fourth-order valence-corrected chi connectivity index (χ4v) is 7.27. The van der Waals surface area contributed by atoms with Gasteiger partial charge in [0.2, 0.25) is 5.91 Å². The number of amides is 1. The summed E-state index contributed by atoms with van der Waals surface area (Å²) < 4.78 is 53.4. The number of aliphatic hydroxyl groups excluding tert-OH is 1. The maximum atomic E-state index is 13.2. The number of aryl methyl sites for hydroxylation is 1. The minimum absolute atomic E-state index is 0.0419. The first-order chi connectivity index (χ1) is 21.6. The van der Waals surface area contributed by atoms with Gasteiger partial charge in [-0.3, -0.25) is 4.79 Å². The molecular formula is C35H39FN2O6S. The normalized spacial score (nSPS) is 14.5. The third-order valence-corrected chi connectivity index (χ3v) is 9.99. The second kappa shape index (κ2) is 13.9. The third-order valence-electron chi connectivity index (χ3n) is 8.60. The number of aromatic nitrogens is 1. The summed E-state index contributed by atoms with van der Waals surface area (Å²) in [6, 6.07) is 18.4. The Labute approximate surface area is 263 Å². The van der Waals surface area contributed by atoms with Gasteiger partial charge in [0.05, 0.1) is 25.2 Å². The van der Waals surface area contributed by atoms with Crippen molar-refractivity contribution in [2.75, 3.05) is 14.2 Å². The van der Waals surface area contributed by atoms with Crippen LogP contribution < -0.4 is 14.2 Å². The van der Waals surface area contributed by atoms with Crippen molar-refractivity contribution in [2.24, 2.45) is 11.8 Å². The first kappa shape index (κ1) is 32.2. The number of hydrogen-bond acceptors (Lipinski definition) is 6. The molecule has 1 heterocycles. The average Bonchev–Trinajstić information content (AvgIpc) is 3.65. The Bertz CT molecular complexity index is 1700. The Morgan fingerprint density at radius 1 is 1.02 bits per heavy atom. The van der Waals surface area contributed by atoms with Crippen molar-refractivity contribution in [1.82, 2.24) is 9.29 Å². The average molecular weight is 635 g/mol. The highest BCUT2D eigenvalue weighted by Gasteiger charge is 2.30. The number of sulfonamides is 1. The van der Waals surface area contributed by atoms with Crippen LogP contribution in [0.1, 0.15) is 46.8 Å². The number of carbonyl (C=O) groups is 1. The molecule has 0 unspecified atom stereocenters. The number of methoxy groups -OCH3 is 2. The van der Waals surface area contributed by atoms with Gasteiger partial charge in [-0.05, 0) is 103 Å².